The fourth-order valence-electron chi connectivity index (χ4n) is 1.71. The summed E-state index contributed by atoms with van der Waals surface area (Å²) in [6, 6.07) is 0.779. The maximum atomic E-state index is 10.7. The molecule has 1 aliphatic rings. The highest BCUT2D eigenvalue weighted by atomic mass is 32.2. The molecule has 84 valence electrons. The summed E-state index contributed by atoms with van der Waals surface area (Å²) in [5.74, 6) is 0. The lowest BCUT2D eigenvalue weighted by atomic mass is 10.2. The van der Waals surface area contributed by atoms with Gasteiger partial charge in [0.15, 0.2) is 0 Å². The lowest BCUT2D eigenvalue weighted by Gasteiger charge is -2.11. The molecular formula is C8H19N3O2S. The minimum atomic E-state index is -3.05. The van der Waals surface area contributed by atoms with Gasteiger partial charge in [0.2, 0.25) is 10.0 Å². The topological polar surface area (TPSA) is 84.2 Å². The van der Waals surface area contributed by atoms with E-state index in [1.807, 2.05) is 0 Å². The summed E-state index contributed by atoms with van der Waals surface area (Å²) in [6.45, 7) is 1.12. The first-order chi connectivity index (χ1) is 6.47. The molecule has 0 bridgehead atoms. The minimum absolute atomic E-state index is 0.315. The van der Waals surface area contributed by atoms with Crippen LogP contribution >= 0.6 is 0 Å². The molecule has 6 heteroatoms. The Kier molecular flexibility index (Phi) is 4.31. The van der Waals surface area contributed by atoms with Gasteiger partial charge in [-0.1, -0.05) is 0 Å². The first-order valence-electron chi connectivity index (χ1n) is 4.91. The molecular weight excluding hydrogens is 202 g/mol. The zero-order chi connectivity index (χ0) is 10.6. The van der Waals surface area contributed by atoms with Gasteiger partial charge in [0.25, 0.3) is 0 Å². The second-order valence-electron chi connectivity index (χ2n) is 3.89. The normalized spacial score (nSPS) is 28.1. The van der Waals surface area contributed by atoms with Crippen LogP contribution in [0.4, 0.5) is 0 Å². The monoisotopic (exact) mass is 221 g/mol. The lowest BCUT2D eigenvalue weighted by molar-refractivity contribution is 0.514. The summed E-state index contributed by atoms with van der Waals surface area (Å²) >= 11 is 0. The molecule has 1 fully saturated rings. The quantitative estimate of drug-likeness (QED) is 0.520. The Balaban J connectivity index is 2.05. The molecule has 5 nitrogen and oxygen atoms in total. The van der Waals surface area contributed by atoms with Crippen LogP contribution in [-0.2, 0) is 10.0 Å². The second kappa shape index (κ2) is 5.06. The van der Waals surface area contributed by atoms with Gasteiger partial charge in [-0.05, 0) is 19.3 Å². The van der Waals surface area contributed by atoms with E-state index < -0.39 is 10.0 Å². The van der Waals surface area contributed by atoms with E-state index in [0.29, 0.717) is 25.2 Å². The molecule has 0 aromatic carbocycles. The third kappa shape index (κ3) is 4.90. The van der Waals surface area contributed by atoms with Gasteiger partial charge in [-0.2, -0.15) is 0 Å². The Morgan fingerprint density at radius 2 is 2.07 bits per heavy atom. The lowest BCUT2D eigenvalue weighted by Crippen LogP contribution is -2.36. The molecule has 14 heavy (non-hydrogen) atoms. The zero-order valence-corrected chi connectivity index (χ0v) is 9.31. The van der Waals surface area contributed by atoms with Crippen molar-refractivity contribution >= 4 is 10.0 Å². The first kappa shape index (κ1) is 11.9. The third-order valence-corrected chi connectivity index (χ3v) is 3.12. The SMILES string of the molecule is CS(=O)(=O)NCCNC1CCC(N)C1. The Hall–Kier alpha value is -0.170. The van der Waals surface area contributed by atoms with Gasteiger partial charge in [-0.15, -0.1) is 0 Å². The van der Waals surface area contributed by atoms with Crippen molar-refractivity contribution < 1.29 is 8.42 Å². The maximum Gasteiger partial charge on any atom is 0.208 e. The Morgan fingerprint density at radius 1 is 1.36 bits per heavy atom. The highest BCUT2D eigenvalue weighted by Crippen LogP contribution is 2.16. The van der Waals surface area contributed by atoms with E-state index >= 15 is 0 Å². The molecule has 2 unspecified atom stereocenters. The van der Waals surface area contributed by atoms with Crippen molar-refractivity contribution in [2.45, 2.75) is 31.3 Å². The highest BCUT2D eigenvalue weighted by molar-refractivity contribution is 7.88. The molecule has 2 atom stereocenters. The number of nitrogens with one attached hydrogen (secondary N) is 2. The smallest absolute Gasteiger partial charge is 0.208 e. The molecule has 0 aliphatic heterocycles. The van der Waals surface area contributed by atoms with Gasteiger partial charge in [-0.25, -0.2) is 13.1 Å². The van der Waals surface area contributed by atoms with Gasteiger partial charge < -0.3 is 11.1 Å². The molecule has 0 saturated heterocycles. The van der Waals surface area contributed by atoms with Crippen LogP contribution < -0.4 is 15.8 Å². The van der Waals surface area contributed by atoms with Crippen LogP contribution in [0.3, 0.4) is 0 Å². The number of hydrogen-bond donors (Lipinski definition) is 3. The van der Waals surface area contributed by atoms with Gasteiger partial charge >= 0.3 is 0 Å². The van der Waals surface area contributed by atoms with Crippen LogP contribution in [-0.4, -0.2) is 39.8 Å². The number of nitrogens with two attached hydrogens (primary N) is 1. The van der Waals surface area contributed by atoms with E-state index in [-0.39, 0.29) is 0 Å². The number of sulfonamides is 1. The van der Waals surface area contributed by atoms with Crippen molar-refractivity contribution in [2.24, 2.45) is 5.73 Å². The van der Waals surface area contributed by atoms with Crippen molar-refractivity contribution in [1.82, 2.24) is 10.0 Å². The van der Waals surface area contributed by atoms with Crippen LogP contribution in [0.25, 0.3) is 0 Å². The van der Waals surface area contributed by atoms with Gasteiger partial charge in [0.05, 0.1) is 6.26 Å². The van der Waals surface area contributed by atoms with Crippen molar-refractivity contribution in [1.29, 1.82) is 0 Å². The molecule has 0 spiro atoms. The summed E-state index contributed by atoms with van der Waals surface area (Å²) in [6.07, 6.45) is 4.33. The van der Waals surface area contributed by atoms with E-state index in [2.05, 4.69) is 10.0 Å². The molecule has 0 aromatic rings. The van der Waals surface area contributed by atoms with E-state index in [1.54, 1.807) is 0 Å². The summed E-state index contributed by atoms with van der Waals surface area (Å²) in [5.41, 5.74) is 5.75. The largest absolute Gasteiger partial charge is 0.328 e. The van der Waals surface area contributed by atoms with Crippen molar-refractivity contribution in [3.63, 3.8) is 0 Å². The van der Waals surface area contributed by atoms with Crippen LogP contribution in [0.5, 0.6) is 0 Å². The summed E-state index contributed by atoms with van der Waals surface area (Å²) in [5, 5.41) is 3.28. The van der Waals surface area contributed by atoms with Crippen molar-refractivity contribution in [2.75, 3.05) is 19.3 Å². The van der Waals surface area contributed by atoms with Crippen LogP contribution in [0.2, 0.25) is 0 Å². The molecule has 4 N–H and O–H groups in total. The molecule has 0 amide bonds. The van der Waals surface area contributed by atoms with Crippen LogP contribution in [0.1, 0.15) is 19.3 Å². The summed E-state index contributed by atoms with van der Waals surface area (Å²) in [4.78, 5) is 0. The summed E-state index contributed by atoms with van der Waals surface area (Å²) in [7, 11) is -3.05. The maximum absolute atomic E-state index is 10.7. The fourth-order valence-corrected chi connectivity index (χ4v) is 2.19. The van der Waals surface area contributed by atoms with E-state index in [4.69, 9.17) is 5.73 Å². The van der Waals surface area contributed by atoms with E-state index in [9.17, 15) is 8.42 Å². The van der Waals surface area contributed by atoms with Crippen molar-refractivity contribution in [3.8, 4) is 0 Å². The Morgan fingerprint density at radius 3 is 2.57 bits per heavy atom. The van der Waals surface area contributed by atoms with Gasteiger partial charge in [-0.3, -0.25) is 0 Å². The van der Waals surface area contributed by atoms with Crippen LogP contribution in [0, 0.1) is 0 Å². The zero-order valence-electron chi connectivity index (χ0n) is 8.49. The molecule has 0 radical (unpaired) electrons. The average Bonchev–Trinajstić information content (AvgIpc) is 2.44. The Bertz CT molecular complexity index is 266. The average molecular weight is 221 g/mol. The molecule has 1 aliphatic carbocycles. The van der Waals surface area contributed by atoms with E-state index in [1.165, 1.54) is 6.26 Å². The second-order valence-corrected chi connectivity index (χ2v) is 5.72. The number of rotatable bonds is 5. The molecule has 1 saturated carbocycles. The third-order valence-electron chi connectivity index (χ3n) is 2.40. The Labute approximate surface area is 85.5 Å². The van der Waals surface area contributed by atoms with Crippen molar-refractivity contribution in [3.05, 3.63) is 0 Å². The van der Waals surface area contributed by atoms with Gasteiger partial charge in [0, 0.05) is 25.2 Å². The van der Waals surface area contributed by atoms with Crippen LogP contribution in [0.15, 0.2) is 0 Å². The predicted molar refractivity (Wildman–Crippen MR) is 56.5 cm³/mol. The standard InChI is InChI=1S/C8H19N3O2S/c1-14(12,13)11-5-4-10-8-3-2-7(9)6-8/h7-8,10-11H,2-6,9H2,1H3. The summed E-state index contributed by atoms with van der Waals surface area (Å²) < 4.78 is 23.9. The highest BCUT2D eigenvalue weighted by Gasteiger charge is 2.20. The first-order valence-corrected chi connectivity index (χ1v) is 6.80. The molecule has 0 heterocycles. The minimum Gasteiger partial charge on any atom is -0.328 e. The number of hydrogen-bond acceptors (Lipinski definition) is 4. The molecule has 0 aromatic heterocycles. The fraction of sp³-hybridized carbons (Fsp3) is 1.00. The molecule has 1 rings (SSSR count). The van der Waals surface area contributed by atoms with Gasteiger partial charge in [0.1, 0.15) is 0 Å². The predicted octanol–water partition coefficient (Wildman–Crippen LogP) is -0.995. The van der Waals surface area contributed by atoms with E-state index in [0.717, 1.165) is 19.3 Å².